The van der Waals surface area contributed by atoms with E-state index in [9.17, 15) is 0 Å². The van der Waals surface area contributed by atoms with Gasteiger partial charge in [-0.2, -0.15) is 0 Å². The van der Waals surface area contributed by atoms with Crippen LogP contribution < -0.4 is 5.73 Å². The fourth-order valence-electron chi connectivity index (χ4n) is 1.74. The van der Waals surface area contributed by atoms with E-state index in [4.69, 9.17) is 22.1 Å². The Balaban J connectivity index is 2.46. The molecule has 1 aromatic carbocycles. The summed E-state index contributed by atoms with van der Waals surface area (Å²) in [6.45, 7) is 5.64. The Morgan fingerprint density at radius 2 is 2.00 bits per heavy atom. The van der Waals surface area contributed by atoms with Crippen LogP contribution in [0, 0.1) is 5.92 Å². The van der Waals surface area contributed by atoms with Gasteiger partial charge in [0, 0.05) is 23.7 Å². The maximum Gasteiger partial charge on any atom is 0.0961 e. The molecular weight excluding hydrogens is 234 g/mol. The van der Waals surface area contributed by atoms with E-state index < -0.39 is 0 Å². The highest BCUT2D eigenvalue weighted by Gasteiger charge is 2.12. The third-order valence-corrected chi connectivity index (χ3v) is 3.06. The van der Waals surface area contributed by atoms with Gasteiger partial charge in [0.1, 0.15) is 0 Å². The Morgan fingerprint density at radius 1 is 1.29 bits per heavy atom. The van der Waals surface area contributed by atoms with Crippen LogP contribution in [0.1, 0.15) is 38.4 Å². The van der Waals surface area contributed by atoms with E-state index in [1.807, 2.05) is 24.3 Å². The molecule has 1 unspecified atom stereocenters. The van der Waals surface area contributed by atoms with Crippen LogP contribution in [0.2, 0.25) is 5.02 Å². The predicted molar refractivity (Wildman–Crippen MR) is 73.3 cm³/mol. The Kier molecular flexibility index (Phi) is 6.56. The van der Waals surface area contributed by atoms with Crippen molar-refractivity contribution in [1.29, 1.82) is 0 Å². The maximum absolute atomic E-state index is 6.13. The lowest BCUT2D eigenvalue weighted by molar-refractivity contribution is 0.0546. The summed E-state index contributed by atoms with van der Waals surface area (Å²) in [6.07, 6.45) is 2.16. The van der Waals surface area contributed by atoms with Crippen molar-refractivity contribution in [3.63, 3.8) is 0 Å². The molecule has 0 aromatic heterocycles. The molecule has 96 valence electrons. The quantitative estimate of drug-likeness (QED) is 0.753. The Bertz CT molecular complexity index is 328. The summed E-state index contributed by atoms with van der Waals surface area (Å²) >= 11 is 6.13. The molecule has 0 aliphatic rings. The van der Waals surface area contributed by atoms with Crippen LogP contribution in [-0.2, 0) is 4.74 Å². The molecule has 0 saturated heterocycles. The van der Waals surface area contributed by atoms with Gasteiger partial charge in [-0.25, -0.2) is 0 Å². The highest BCUT2D eigenvalue weighted by Crippen LogP contribution is 2.24. The van der Waals surface area contributed by atoms with Crippen LogP contribution in [0.5, 0.6) is 0 Å². The summed E-state index contributed by atoms with van der Waals surface area (Å²) in [5, 5.41) is 0.729. The maximum atomic E-state index is 6.13. The monoisotopic (exact) mass is 255 g/mol. The molecule has 0 aliphatic heterocycles. The molecule has 0 heterocycles. The fraction of sp³-hybridized carbons (Fsp3) is 0.571. The summed E-state index contributed by atoms with van der Waals surface area (Å²) in [5.74, 6) is 0.718. The van der Waals surface area contributed by atoms with Crippen molar-refractivity contribution >= 4 is 11.6 Å². The van der Waals surface area contributed by atoms with Gasteiger partial charge in [-0.05, 0) is 24.8 Å². The number of hydrogen-bond acceptors (Lipinski definition) is 2. The van der Waals surface area contributed by atoms with E-state index in [1.54, 1.807) is 0 Å². The lowest BCUT2D eigenvalue weighted by Crippen LogP contribution is -2.17. The molecular formula is C14H22ClNO. The molecule has 1 aromatic rings. The molecule has 0 amide bonds. The number of nitrogens with two attached hydrogens (primary N) is 1. The van der Waals surface area contributed by atoms with Crippen molar-refractivity contribution in [2.45, 2.75) is 32.8 Å². The lowest BCUT2D eigenvalue weighted by atomic mass is 10.1. The van der Waals surface area contributed by atoms with Crippen molar-refractivity contribution in [1.82, 2.24) is 0 Å². The first kappa shape index (κ1) is 14.5. The predicted octanol–water partition coefficient (Wildman–Crippen LogP) is 3.79. The summed E-state index contributed by atoms with van der Waals surface area (Å²) in [5.41, 5.74) is 6.72. The smallest absolute Gasteiger partial charge is 0.0961 e. The van der Waals surface area contributed by atoms with E-state index in [1.165, 1.54) is 6.42 Å². The molecule has 0 radical (unpaired) electrons. The first-order chi connectivity index (χ1) is 8.15. The summed E-state index contributed by atoms with van der Waals surface area (Å²) in [7, 11) is 0. The van der Waals surface area contributed by atoms with Crippen LogP contribution in [0.3, 0.4) is 0 Å². The number of hydrogen-bond donors (Lipinski definition) is 1. The molecule has 1 rings (SSSR count). The van der Waals surface area contributed by atoms with E-state index in [-0.39, 0.29) is 6.10 Å². The van der Waals surface area contributed by atoms with E-state index in [0.717, 1.165) is 29.5 Å². The van der Waals surface area contributed by atoms with Gasteiger partial charge in [0.15, 0.2) is 0 Å². The normalized spacial score (nSPS) is 13.0. The number of ether oxygens (including phenoxy) is 1. The van der Waals surface area contributed by atoms with Gasteiger partial charge in [0.25, 0.3) is 0 Å². The molecule has 2 N–H and O–H groups in total. The van der Waals surface area contributed by atoms with E-state index >= 15 is 0 Å². The zero-order chi connectivity index (χ0) is 12.7. The molecule has 0 spiro atoms. The first-order valence-electron chi connectivity index (χ1n) is 6.21. The highest BCUT2D eigenvalue weighted by molar-refractivity contribution is 6.31. The van der Waals surface area contributed by atoms with Gasteiger partial charge >= 0.3 is 0 Å². The number of benzene rings is 1. The molecule has 17 heavy (non-hydrogen) atoms. The molecule has 0 fully saturated rings. The van der Waals surface area contributed by atoms with Gasteiger partial charge in [0.2, 0.25) is 0 Å². The third-order valence-electron chi connectivity index (χ3n) is 2.71. The standard InChI is InChI=1S/C14H22ClNO/c1-11(2)6-5-9-17-14(10-16)12-7-3-4-8-13(12)15/h3-4,7-8,11,14H,5-6,9-10,16H2,1-2H3. The number of halogens is 1. The van der Waals surface area contributed by atoms with E-state index in [2.05, 4.69) is 13.8 Å². The van der Waals surface area contributed by atoms with Gasteiger partial charge in [-0.3, -0.25) is 0 Å². The van der Waals surface area contributed by atoms with Crippen LogP contribution in [0.25, 0.3) is 0 Å². The van der Waals surface area contributed by atoms with Gasteiger partial charge < -0.3 is 10.5 Å². The van der Waals surface area contributed by atoms with Crippen LogP contribution in [0.15, 0.2) is 24.3 Å². The topological polar surface area (TPSA) is 35.2 Å². The highest BCUT2D eigenvalue weighted by atomic mass is 35.5. The SMILES string of the molecule is CC(C)CCCOC(CN)c1ccccc1Cl. The minimum atomic E-state index is -0.0872. The second-order valence-electron chi connectivity index (χ2n) is 4.65. The first-order valence-corrected chi connectivity index (χ1v) is 6.59. The summed E-state index contributed by atoms with van der Waals surface area (Å²) in [6, 6.07) is 7.72. The van der Waals surface area contributed by atoms with Crippen LogP contribution in [-0.4, -0.2) is 13.2 Å². The Morgan fingerprint density at radius 3 is 2.59 bits per heavy atom. The van der Waals surface area contributed by atoms with Gasteiger partial charge in [-0.1, -0.05) is 43.6 Å². The minimum Gasteiger partial charge on any atom is -0.372 e. The second-order valence-corrected chi connectivity index (χ2v) is 5.06. The molecule has 0 aliphatic carbocycles. The second kappa shape index (κ2) is 7.70. The van der Waals surface area contributed by atoms with E-state index in [0.29, 0.717) is 6.54 Å². The van der Waals surface area contributed by atoms with Crippen molar-refractivity contribution in [2.75, 3.05) is 13.2 Å². The minimum absolute atomic E-state index is 0.0872. The largest absolute Gasteiger partial charge is 0.372 e. The zero-order valence-electron chi connectivity index (χ0n) is 10.7. The van der Waals surface area contributed by atoms with Crippen molar-refractivity contribution < 1.29 is 4.74 Å². The molecule has 2 nitrogen and oxygen atoms in total. The van der Waals surface area contributed by atoms with Crippen molar-refractivity contribution in [3.05, 3.63) is 34.9 Å². The lowest BCUT2D eigenvalue weighted by Gasteiger charge is -2.18. The Hall–Kier alpha value is -0.570. The number of rotatable bonds is 7. The average molecular weight is 256 g/mol. The summed E-state index contributed by atoms with van der Waals surface area (Å²) < 4.78 is 5.80. The summed E-state index contributed by atoms with van der Waals surface area (Å²) in [4.78, 5) is 0. The van der Waals surface area contributed by atoms with Crippen LogP contribution in [0.4, 0.5) is 0 Å². The zero-order valence-corrected chi connectivity index (χ0v) is 11.4. The van der Waals surface area contributed by atoms with Gasteiger partial charge in [0.05, 0.1) is 6.10 Å². The third kappa shape index (κ3) is 5.07. The molecule has 1 atom stereocenters. The molecule has 0 bridgehead atoms. The fourth-order valence-corrected chi connectivity index (χ4v) is 2.00. The van der Waals surface area contributed by atoms with Crippen molar-refractivity contribution in [3.8, 4) is 0 Å². The average Bonchev–Trinajstić information content (AvgIpc) is 2.30. The van der Waals surface area contributed by atoms with Crippen LogP contribution >= 0.6 is 11.6 Å². The van der Waals surface area contributed by atoms with Gasteiger partial charge in [-0.15, -0.1) is 0 Å². The Labute approximate surface area is 109 Å². The molecule has 0 saturated carbocycles. The van der Waals surface area contributed by atoms with Crippen molar-refractivity contribution in [2.24, 2.45) is 11.7 Å². The molecule has 3 heteroatoms.